The monoisotopic (exact) mass is 312 g/mol. The minimum atomic E-state index is -0.309. The van der Waals surface area contributed by atoms with Gasteiger partial charge in [0, 0.05) is 25.2 Å². The Labute approximate surface area is 134 Å². The van der Waals surface area contributed by atoms with Crippen molar-refractivity contribution >= 4 is 23.0 Å². The summed E-state index contributed by atoms with van der Waals surface area (Å²) in [7, 11) is 0. The van der Waals surface area contributed by atoms with Gasteiger partial charge in [0.05, 0.1) is 5.69 Å². The van der Waals surface area contributed by atoms with Crippen LogP contribution in [0.15, 0.2) is 48.0 Å². The Morgan fingerprint density at radius 1 is 1.35 bits per heavy atom. The number of allylic oxidation sites excluding steroid dienone is 1. The number of carbonyl (C=O) groups is 1. The maximum Gasteiger partial charge on any atom is 0.182 e. The van der Waals surface area contributed by atoms with E-state index >= 15 is 0 Å². The molecule has 1 heterocycles. The second-order valence-corrected chi connectivity index (χ2v) is 4.96. The summed E-state index contributed by atoms with van der Waals surface area (Å²) >= 11 is 0. The van der Waals surface area contributed by atoms with E-state index in [4.69, 9.17) is 0 Å². The van der Waals surface area contributed by atoms with E-state index in [0.717, 1.165) is 5.56 Å². The molecule has 0 aliphatic rings. The van der Waals surface area contributed by atoms with Crippen LogP contribution in [0.25, 0.3) is 0 Å². The van der Waals surface area contributed by atoms with Crippen LogP contribution in [0, 0.1) is 5.82 Å². The molecule has 5 nitrogen and oxygen atoms in total. The summed E-state index contributed by atoms with van der Waals surface area (Å²) < 4.78 is 13.2. The van der Waals surface area contributed by atoms with Gasteiger partial charge in [-0.15, -0.1) is 10.2 Å². The van der Waals surface area contributed by atoms with Crippen LogP contribution in [0.5, 0.6) is 0 Å². The van der Waals surface area contributed by atoms with E-state index in [1.54, 1.807) is 31.2 Å². The average Bonchev–Trinajstić information content (AvgIpc) is 2.52. The summed E-state index contributed by atoms with van der Waals surface area (Å²) in [4.78, 5) is 15.9. The van der Waals surface area contributed by atoms with Crippen molar-refractivity contribution in [2.45, 2.75) is 20.4 Å². The van der Waals surface area contributed by atoms with Gasteiger partial charge in [0.25, 0.3) is 0 Å². The molecule has 0 atom stereocenters. The molecule has 0 aliphatic heterocycles. The number of nitrogens with one attached hydrogen (secondary N) is 1. The fraction of sp³-hybridized carbons (Fsp3) is 0.176. The number of anilines is 1. The van der Waals surface area contributed by atoms with E-state index in [1.807, 2.05) is 0 Å². The normalized spacial score (nSPS) is 11.2. The molecule has 0 radical (unpaired) electrons. The fourth-order valence-corrected chi connectivity index (χ4v) is 1.90. The van der Waals surface area contributed by atoms with Crippen LogP contribution in [0.1, 0.15) is 29.9 Å². The maximum atomic E-state index is 13.2. The predicted octanol–water partition coefficient (Wildman–Crippen LogP) is 3.71. The van der Waals surface area contributed by atoms with Gasteiger partial charge in [-0.2, -0.15) is 0 Å². The van der Waals surface area contributed by atoms with Crippen molar-refractivity contribution in [2.24, 2.45) is 4.99 Å². The lowest BCUT2D eigenvalue weighted by Crippen LogP contribution is -2.08. The highest BCUT2D eigenvalue weighted by atomic mass is 19.1. The third kappa shape index (κ3) is 4.54. The second-order valence-electron chi connectivity index (χ2n) is 4.96. The SMILES string of the molecule is C=CC(C)=Nc1cc(NCc2cccc(F)c2)c(C(C)=O)nn1. The fourth-order valence-electron chi connectivity index (χ4n) is 1.90. The smallest absolute Gasteiger partial charge is 0.182 e. The number of rotatable bonds is 6. The first-order valence-corrected chi connectivity index (χ1v) is 7.04. The van der Waals surface area contributed by atoms with Crippen LogP contribution in [-0.4, -0.2) is 21.7 Å². The van der Waals surface area contributed by atoms with Gasteiger partial charge in [-0.3, -0.25) is 4.79 Å². The molecule has 6 heteroatoms. The molecular weight excluding hydrogens is 295 g/mol. The van der Waals surface area contributed by atoms with E-state index in [0.29, 0.717) is 23.8 Å². The summed E-state index contributed by atoms with van der Waals surface area (Å²) in [5.74, 6) is -0.153. The Hall–Kier alpha value is -2.89. The van der Waals surface area contributed by atoms with Crippen molar-refractivity contribution in [3.8, 4) is 0 Å². The van der Waals surface area contributed by atoms with E-state index in [-0.39, 0.29) is 17.3 Å². The van der Waals surface area contributed by atoms with Crippen molar-refractivity contribution in [1.82, 2.24) is 10.2 Å². The second kappa shape index (κ2) is 7.40. The number of aliphatic imine (C=N–C) groups is 1. The van der Waals surface area contributed by atoms with Gasteiger partial charge in [-0.1, -0.05) is 18.7 Å². The number of hydrogen-bond donors (Lipinski definition) is 1. The van der Waals surface area contributed by atoms with Crippen LogP contribution < -0.4 is 5.32 Å². The zero-order chi connectivity index (χ0) is 16.8. The van der Waals surface area contributed by atoms with E-state index in [9.17, 15) is 9.18 Å². The van der Waals surface area contributed by atoms with Crippen LogP contribution in [0.4, 0.5) is 15.9 Å². The van der Waals surface area contributed by atoms with Gasteiger partial charge in [0.2, 0.25) is 0 Å². The highest BCUT2D eigenvalue weighted by Gasteiger charge is 2.11. The van der Waals surface area contributed by atoms with Crippen molar-refractivity contribution in [1.29, 1.82) is 0 Å². The lowest BCUT2D eigenvalue weighted by atomic mass is 10.2. The van der Waals surface area contributed by atoms with Crippen molar-refractivity contribution in [3.63, 3.8) is 0 Å². The minimum absolute atomic E-state index is 0.213. The van der Waals surface area contributed by atoms with Crippen LogP contribution >= 0.6 is 0 Å². The molecule has 0 unspecified atom stereocenters. The molecule has 23 heavy (non-hydrogen) atoms. The number of nitrogens with zero attached hydrogens (tertiary/aromatic N) is 3. The number of aromatic nitrogens is 2. The van der Waals surface area contributed by atoms with E-state index < -0.39 is 0 Å². The predicted molar refractivity (Wildman–Crippen MR) is 88.7 cm³/mol. The number of ketones is 1. The molecule has 118 valence electrons. The number of halogens is 1. The molecule has 0 saturated heterocycles. The summed E-state index contributed by atoms with van der Waals surface area (Å²) in [6.45, 7) is 7.18. The zero-order valence-corrected chi connectivity index (χ0v) is 13.0. The zero-order valence-electron chi connectivity index (χ0n) is 13.0. The molecule has 1 aromatic carbocycles. The van der Waals surface area contributed by atoms with E-state index in [2.05, 4.69) is 27.1 Å². The summed E-state index contributed by atoms with van der Waals surface area (Å²) in [5.41, 5.74) is 2.17. The Morgan fingerprint density at radius 2 is 2.13 bits per heavy atom. The molecule has 0 aliphatic carbocycles. The van der Waals surface area contributed by atoms with Crippen molar-refractivity contribution in [3.05, 3.63) is 60.1 Å². The summed E-state index contributed by atoms with van der Waals surface area (Å²) in [6, 6.07) is 7.86. The summed E-state index contributed by atoms with van der Waals surface area (Å²) in [6.07, 6.45) is 1.60. The molecule has 0 spiro atoms. The molecule has 0 saturated carbocycles. The van der Waals surface area contributed by atoms with Gasteiger partial charge in [-0.05, 0) is 30.7 Å². The maximum absolute atomic E-state index is 13.2. The molecule has 2 aromatic rings. The van der Waals surface area contributed by atoms with Crippen LogP contribution in [0.3, 0.4) is 0 Å². The molecule has 1 N–H and O–H groups in total. The van der Waals surface area contributed by atoms with Gasteiger partial charge in [-0.25, -0.2) is 9.38 Å². The minimum Gasteiger partial charge on any atom is -0.379 e. The first-order valence-electron chi connectivity index (χ1n) is 7.04. The van der Waals surface area contributed by atoms with Gasteiger partial charge < -0.3 is 5.32 Å². The lowest BCUT2D eigenvalue weighted by Gasteiger charge is -2.10. The molecule has 1 aromatic heterocycles. The van der Waals surface area contributed by atoms with Crippen molar-refractivity contribution < 1.29 is 9.18 Å². The third-order valence-corrected chi connectivity index (χ3v) is 3.07. The number of carbonyl (C=O) groups excluding carboxylic acids is 1. The molecular formula is C17H17FN4O. The quantitative estimate of drug-likeness (QED) is 0.652. The van der Waals surface area contributed by atoms with Gasteiger partial charge >= 0.3 is 0 Å². The first kappa shape index (κ1) is 16.5. The number of Topliss-reactive ketones (excluding diaryl/α,β-unsaturated/α-hetero) is 1. The average molecular weight is 312 g/mol. The summed E-state index contributed by atoms with van der Waals surface area (Å²) in [5, 5.41) is 10.9. The van der Waals surface area contributed by atoms with Crippen molar-refractivity contribution in [2.75, 3.05) is 5.32 Å². The molecule has 2 rings (SSSR count). The Morgan fingerprint density at radius 3 is 2.78 bits per heavy atom. The molecule has 0 fully saturated rings. The Balaban J connectivity index is 2.28. The van der Waals surface area contributed by atoms with Gasteiger partial charge in [0.15, 0.2) is 17.3 Å². The topological polar surface area (TPSA) is 67.2 Å². The highest BCUT2D eigenvalue weighted by molar-refractivity contribution is 5.98. The lowest BCUT2D eigenvalue weighted by molar-refractivity contribution is 0.101. The van der Waals surface area contributed by atoms with Crippen LogP contribution in [-0.2, 0) is 6.54 Å². The molecule has 0 bridgehead atoms. The standard InChI is InChI=1S/C17H17FN4O/c1-4-11(2)20-16-9-15(17(12(3)23)22-21-16)19-10-13-6-5-7-14(18)8-13/h4-9H,1,10H2,2-3H3,(H,19,21). The first-order chi connectivity index (χ1) is 11.0. The highest BCUT2D eigenvalue weighted by Crippen LogP contribution is 2.20. The van der Waals surface area contributed by atoms with Gasteiger partial charge in [0.1, 0.15) is 5.82 Å². The van der Waals surface area contributed by atoms with E-state index in [1.165, 1.54) is 19.1 Å². The van der Waals surface area contributed by atoms with Crippen LogP contribution in [0.2, 0.25) is 0 Å². The third-order valence-electron chi connectivity index (χ3n) is 3.07. The Kier molecular flexibility index (Phi) is 5.30. The number of benzene rings is 1. The Bertz CT molecular complexity index is 771. The molecule has 0 amide bonds. The largest absolute Gasteiger partial charge is 0.379 e. The number of hydrogen-bond acceptors (Lipinski definition) is 5.